The standard InChI is InChI=1S/C24H29N5OS/c1-17-15-20(18(2)29(17)16-19-8-11-25-12-9-19)23-22(21-7-4-5-10-26-21)27-24(31)28(23)13-6-14-30-3/h4-5,7-12,15,22-23H,6,13-14,16H2,1-3H3,(H,27,31). The Morgan fingerprint density at radius 3 is 2.65 bits per heavy atom. The number of hydrogen-bond donors (Lipinski definition) is 1. The SMILES string of the molecule is COCCCN1C(=S)NC(c2ccccn2)C1c1cc(C)n(Cc2ccncc2)c1C. The van der Waals surface area contributed by atoms with Crippen LogP contribution in [0.25, 0.3) is 0 Å². The van der Waals surface area contributed by atoms with Crippen molar-refractivity contribution in [3.63, 3.8) is 0 Å². The molecule has 0 aliphatic carbocycles. The van der Waals surface area contributed by atoms with Crippen LogP contribution in [0.2, 0.25) is 0 Å². The Morgan fingerprint density at radius 1 is 1.13 bits per heavy atom. The number of aromatic nitrogens is 3. The quantitative estimate of drug-likeness (QED) is 0.427. The molecule has 0 spiro atoms. The van der Waals surface area contributed by atoms with Crippen LogP contribution in [-0.4, -0.2) is 44.8 Å². The molecule has 0 radical (unpaired) electrons. The first-order valence-electron chi connectivity index (χ1n) is 10.6. The molecule has 0 amide bonds. The lowest BCUT2D eigenvalue weighted by atomic mass is 9.96. The molecule has 1 fully saturated rings. The molecule has 1 aliphatic rings. The minimum absolute atomic E-state index is 0.00567. The molecule has 2 unspecified atom stereocenters. The van der Waals surface area contributed by atoms with Crippen LogP contribution in [-0.2, 0) is 11.3 Å². The molecule has 6 nitrogen and oxygen atoms in total. The molecular weight excluding hydrogens is 406 g/mol. The number of thiocarbonyl (C=S) groups is 1. The lowest BCUT2D eigenvalue weighted by Gasteiger charge is -2.28. The summed E-state index contributed by atoms with van der Waals surface area (Å²) in [5.41, 5.74) is 6.01. The van der Waals surface area contributed by atoms with Gasteiger partial charge in [0.25, 0.3) is 0 Å². The van der Waals surface area contributed by atoms with E-state index in [0.29, 0.717) is 6.61 Å². The largest absolute Gasteiger partial charge is 0.385 e. The fourth-order valence-electron chi connectivity index (χ4n) is 4.41. The Morgan fingerprint density at radius 2 is 1.94 bits per heavy atom. The molecule has 31 heavy (non-hydrogen) atoms. The van der Waals surface area contributed by atoms with Crippen LogP contribution in [0.4, 0.5) is 0 Å². The van der Waals surface area contributed by atoms with Crippen LogP contribution in [0, 0.1) is 13.8 Å². The molecule has 1 saturated heterocycles. The van der Waals surface area contributed by atoms with Gasteiger partial charge in [-0.2, -0.15) is 0 Å². The zero-order valence-corrected chi connectivity index (χ0v) is 19.1. The van der Waals surface area contributed by atoms with E-state index in [1.807, 2.05) is 30.7 Å². The zero-order chi connectivity index (χ0) is 21.8. The Labute approximate surface area is 189 Å². The predicted octanol–water partition coefficient (Wildman–Crippen LogP) is 3.95. The Kier molecular flexibility index (Phi) is 6.63. The van der Waals surface area contributed by atoms with E-state index in [9.17, 15) is 0 Å². The monoisotopic (exact) mass is 435 g/mol. The molecule has 162 valence electrons. The average molecular weight is 436 g/mol. The van der Waals surface area contributed by atoms with Crippen molar-refractivity contribution in [2.45, 2.75) is 38.9 Å². The number of hydrogen-bond acceptors (Lipinski definition) is 4. The number of ether oxygens (including phenoxy) is 1. The second-order valence-electron chi connectivity index (χ2n) is 7.93. The molecule has 3 aromatic rings. The highest BCUT2D eigenvalue weighted by Crippen LogP contribution is 2.40. The van der Waals surface area contributed by atoms with Gasteiger partial charge in [-0.05, 0) is 73.9 Å². The highest BCUT2D eigenvalue weighted by molar-refractivity contribution is 7.80. The summed E-state index contributed by atoms with van der Waals surface area (Å²) in [5.74, 6) is 0. The van der Waals surface area contributed by atoms with Crippen LogP contribution in [0.3, 0.4) is 0 Å². The Bertz CT molecular complexity index is 1020. The van der Waals surface area contributed by atoms with Crippen LogP contribution < -0.4 is 5.32 Å². The minimum atomic E-state index is 0.00567. The average Bonchev–Trinajstić information content (AvgIpc) is 3.26. The third kappa shape index (κ3) is 4.48. The summed E-state index contributed by atoms with van der Waals surface area (Å²) in [6.45, 7) is 6.74. The van der Waals surface area contributed by atoms with Gasteiger partial charge >= 0.3 is 0 Å². The van der Waals surface area contributed by atoms with Gasteiger partial charge in [0.2, 0.25) is 0 Å². The second-order valence-corrected chi connectivity index (χ2v) is 8.32. The van der Waals surface area contributed by atoms with Gasteiger partial charge in [-0.25, -0.2) is 0 Å². The fraction of sp³-hybridized carbons (Fsp3) is 0.375. The molecule has 0 aromatic carbocycles. The van der Waals surface area contributed by atoms with Crippen molar-refractivity contribution in [2.75, 3.05) is 20.3 Å². The maximum Gasteiger partial charge on any atom is 0.170 e. The van der Waals surface area contributed by atoms with Crippen molar-refractivity contribution in [1.29, 1.82) is 0 Å². The van der Waals surface area contributed by atoms with E-state index in [1.165, 1.54) is 22.5 Å². The van der Waals surface area contributed by atoms with Crippen molar-refractivity contribution in [3.05, 3.63) is 83.2 Å². The van der Waals surface area contributed by atoms with Crippen LogP contribution in [0.5, 0.6) is 0 Å². The molecular formula is C24H29N5OS. The van der Waals surface area contributed by atoms with Crippen LogP contribution in [0.15, 0.2) is 55.0 Å². The van der Waals surface area contributed by atoms with Crippen LogP contribution in [0.1, 0.15) is 46.7 Å². The van der Waals surface area contributed by atoms with Crippen molar-refractivity contribution in [3.8, 4) is 0 Å². The normalized spacial score (nSPS) is 18.4. The van der Waals surface area contributed by atoms with Crippen molar-refractivity contribution >= 4 is 17.3 Å². The summed E-state index contributed by atoms with van der Waals surface area (Å²) < 4.78 is 7.66. The van der Waals surface area contributed by atoms with Crippen molar-refractivity contribution in [2.24, 2.45) is 0 Å². The highest BCUT2D eigenvalue weighted by atomic mass is 32.1. The summed E-state index contributed by atoms with van der Waals surface area (Å²) in [7, 11) is 1.74. The third-order valence-electron chi connectivity index (χ3n) is 5.97. The van der Waals surface area contributed by atoms with E-state index in [0.717, 1.165) is 30.3 Å². The number of pyridine rings is 2. The van der Waals surface area contributed by atoms with Crippen LogP contribution >= 0.6 is 12.2 Å². The van der Waals surface area contributed by atoms with E-state index in [1.54, 1.807) is 7.11 Å². The van der Waals surface area contributed by atoms with Gasteiger partial charge in [0.15, 0.2) is 5.11 Å². The maximum absolute atomic E-state index is 5.76. The zero-order valence-electron chi connectivity index (χ0n) is 18.3. The number of rotatable bonds is 8. The number of nitrogens with one attached hydrogen (secondary N) is 1. The summed E-state index contributed by atoms with van der Waals surface area (Å²) in [4.78, 5) is 11.1. The van der Waals surface area contributed by atoms with Gasteiger partial charge in [0.05, 0.1) is 17.8 Å². The fourth-order valence-corrected chi connectivity index (χ4v) is 4.74. The van der Waals surface area contributed by atoms with E-state index < -0.39 is 0 Å². The van der Waals surface area contributed by atoms with E-state index in [-0.39, 0.29) is 12.1 Å². The summed E-state index contributed by atoms with van der Waals surface area (Å²) in [5, 5.41) is 4.31. The lowest BCUT2D eigenvalue weighted by Crippen LogP contribution is -2.31. The second kappa shape index (κ2) is 9.58. The Hall–Kier alpha value is -2.77. The third-order valence-corrected chi connectivity index (χ3v) is 6.32. The summed E-state index contributed by atoms with van der Waals surface area (Å²) in [6.07, 6.45) is 6.45. The van der Waals surface area contributed by atoms with Gasteiger partial charge in [0, 0.05) is 56.8 Å². The molecule has 0 saturated carbocycles. The van der Waals surface area contributed by atoms with E-state index >= 15 is 0 Å². The van der Waals surface area contributed by atoms with Gasteiger partial charge in [-0.3, -0.25) is 9.97 Å². The summed E-state index contributed by atoms with van der Waals surface area (Å²) >= 11 is 5.76. The minimum Gasteiger partial charge on any atom is -0.385 e. The maximum atomic E-state index is 5.76. The molecule has 2 atom stereocenters. The predicted molar refractivity (Wildman–Crippen MR) is 126 cm³/mol. The first-order valence-corrected chi connectivity index (χ1v) is 11.0. The molecule has 1 aliphatic heterocycles. The van der Waals surface area contributed by atoms with Gasteiger partial charge in [-0.15, -0.1) is 0 Å². The first kappa shape index (κ1) is 21.5. The lowest BCUT2D eigenvalue weighted by molar-refractivity contribution is 0.180. The molecule has 3 aromatic heterocycles. The van der Waals surface area contributed by atoms with E-state index in [2.05, 4.69) is 62.9 Å². The number of aryl methyl sites for hydroxylation is 1. The molecule has 4 rings (SSSR count). The van der Waals surface area contributed by atoms with E-state index in [4.69, 9.17) is 17.0 Å². The van der Waals surface area contributed by atoms with Crippen molar-refractivity contribution < 1.29 is 4.74 Å². The number of nitrogens with zero attached hydrogens (tertiary/aromatic N) is 4. The van der Waals surface area contributed by atoms with Crippen molar-refractivity contribution in [1.82, 2.24) is 24.8 Å². The smallest absolute Gasteiger partial charge is 0.170 e. The summed E-state index contributed by atoms with van der Waals surface area (Å²) in [6, 6.07) is 12.6. The van der Waals surface area contributed by atoms with Gasteiger partial charge < -0.3 is 19.5 Å². The number of methoxy groups -OCH3 is 1. The molecule has 4 heterocycles. The Balaban J connectivity index is 1.72. The molecule has 1 N–H and O–H groups in total. The van der Waals surface area contributed by atoms with Gasteiger partial charge in [-0.1, -0.05) is 6.07 Å². The van der Waals surface area contributed by atoms with Gasteiger partial charge in [0.1, 0.15) is 0 Å². The molecule has 7 heteroatoms. The first-order chi connectivity index (χ1) is 15.1. The highest BCUT2D eigenvalue weighted by Gasteiger charge is 2.41. The molecule has 0 bridgehead atoms. The topological polar surface area (TPSA) is 55.2 Å².